The van der Waals surface area contributed by atoms with E-state index in [-0.39, 0.29) is 11.7 Å². The van der Waals surface area contributed by atoms with Gasteiger partial charge in [0, 0.05) is 31.5 Å². The summed E-state index contributed by atoms with van der Waals surface area (Å²) in [5.41, 5.74) is 7.48. The molecule has 0 atom stereocenters. The Morgan fingerprint density at radius 1 is 1.17 bits per heavy atom. The maximum Gasteiger partial charge on any atom is 0.350 e. The molecule has 0 radical (unpaired) electrons. The van der Waals surface area contributed by atoms with Gasteiger partial charge < -0.3 is 10.6 Å². The van der Waals surface area contributed by atoms with Crippen molar-refractivity contribution in [3.8, 4) is 0 Å². The normalized spacial score (nSPS) is 16.0. The summed E-state index contributed by atoms with van der Waals surface area (Å²) in [6.07, 6.45) is 5.19. The Labute approximate surface area is 139 Å². The molecule has 0 bridgehead atoms. The third-order valence-electron chi connectivity index (χ3n) is 4.50. The van der Waals surface area contributed by atoms with Crippen LogP contribution in [-0.2, 0) is 6.54 Å². The van der Waals surface area contributed by atoms with Crippen molar-refractivity contribution in [2.45, 2.75) is 25.4 Å². The number of piperidine rings is 1. The van der Waals surface area contributed by atoms with Gasteiger partial charge in [-0.05, 0) is 18.4 Å². The van der Waals surface area contributed by atoms with E-state index in [1.807, 2.05) is 30.3 Å². The van der Waals surface area contributed by atoms with Crippen LogP contribution in [0.2, 0.25) is 0 Å². The summed E-state index contributed by atoms with van der Waals surface area (Å²) in [7, 11) is 0. The van der Waals surface area contributed by atoms with Crippen LogP contribution in [0.3, 0.4) is 0 Å². The molecule has 0 saturated carbocycles. The van der Waals surface area contributed by atoms with Gasteiger partial charge in [0.2, 0.25) is 5.65 Å². The molecule has 0 aliphatic carbocycles. The first-order valence-electron chi connectivity index (χ1n) is 8.21. The number of fused-ring (bicyclic) bond motifs is 1. The SMILES string of the molecule is NC1CCN(c2nccn3c(=O)n(Cc4ccccc4)nc23)CC1. The smallest absolute Gasteiger partial charge is 0.350 e. The largest absolute Gasteiger partial charge is 0.353 e. The topological polar surface area (TPSA) is 81.5 Å². The quantitative estimate of drug-likeness (QED) is 0.773. The summed E-state index contributed by atoms with van der Waals surface area (Å²) < 4.78 is 3.06. The number of nitrogens with zero attached hydrogens (tertiary/aromatic N) is 5. The highest BCUT2D eigenvalue weighted by Crippen LogP contribution is 2.20. The molecule has 7 heteroatoms. The molecule has 7 nitrogen and oxygen atoms in total. The van der Waals surface area contributed by atoms with Crippen molar-refractivity contribution in [1.29, 1.82) is 0 Å². The molecule has 0 amide bonds. The molecule has 3 heterocycles. The molecule has 4 rings (SSSR count). The molecular weight excluding hydrogens is 304 g/mol. The maximum atomic E-state index is 12.6. The van der Waals surface area contributed by atoms with Gasteiger partial charge >= 0.3 is 5.69 Å². The van der Waals surface area contributed by atoms with E-state index in [2.05, 4.69) is 15.0 Å². The van der Waals surface area contributed by atoms with E-state index in [0.29, 0.717) is 12.2 Å². The Hall–Kier alpha value is -2.67. The van der Waals surface area contributed by atoms with Crippen LogP contribution in [0.25, 0.3) is 5.65 Å². The second kappa shape index (κ2) is 6.09. The number of hydrogen-bond donors (Lipinski definition) is 1. The third kappa shape index (κ3) is 2.67. The van der Waals surface area contributed by atoms with Gasteiger partial charge in [0.15, 0.2) is 5.82 Å². The predicted molar refractivity (Wildman–Crippen MR) is 92.2 cm³/mol. The van der Waals surface area contributed by atoms with Gasteiger partial charge in [0.25, 0.3) is 0 Å². The molecule has 124 valence electrons. The molecule has 2 aromatic heterocycles. The lowest BCUT2D eigenvalue weighted by atomic mass is 10.1. The first-order chi connectivity index (χ1) is 11.7. The second-order valence-electron chi connectivity index (χ2n) is 6.19. The van der Waals surface area contributed by atoms with Crippen LogP contribution in [0.4, 0.5) is 5.82 Å². The number of aromatic nitrogens is 4. The van der Waals surface area contributed by atoms with Crippen LogP contribution in [0.1, 0.15) is 18.4 Å². The molecule has 0 spiro atoms. The maximum absolute atomic E-state index is 12.6. The Bertz CT molecular complexity index is 892. The van der Waals surface area contributed by atoms with Gasteiger partial charge in [-0.3, -0.25) is 0 Å². The van der Waals surface area contributed by atoms with Gasteiger partial charge in [-0.25, -0.2) is 18.9 Å². The van der Waals surface area contributed by atoms with E-state index in [4.69, 9.17) is 5.73 Å². The zero-order valence-corrected chi connectivity index (χ0v) is 13.4. The van der Waals surface area contributed by atoms with Crippen LogP contribution < -0.4 is 16.3 Å². The fraction of sp³-hybridized carbons (Fsp3) is 0.353. The lowest BCUT2D eigenvalue weighted by Gasteiger charge is -2.30. The Morgan fingerprint density at radius 2 is 1.92 bits per heavy atom. The lowest BCUT2D eigenvalue weighted by Crippen LogP contribution is -2.40. The minimum atomic E-state index is -0.147. The number of benzene rings is 1. The van der Waals surface area contributed by atoms with E-state index < -0.39 is 0 Å². The summed E-state index contributed by atoms with van der Waals surface area (Å²) in [6, 6.07) is 10.1. The molecule has 1 aliphatic heterocycles. The number of rotatable bonds is 3. The average Bonchev–Trinajstić information content (AvgIpc) is 2.93. The van der Waals surface area contributed by atoms with Crippen LogP contribution >= 0.6 is 0 Å². The molecule has 0 unspecified atom stereocenters. The molecular formula is C17H20N6O. The molecule has 2 N–H and O–H groups in total. The Balaban J connectivity index is 1.72. The monoisotopic (exact) mass is 324 g/mol. The minimum Gasteiger partial charge on any atom is -0.353 e. The molecule has 24 heavy (non-hydrogen) atoms. The van der Waals surface area contributed by atoms with E-state index >= 15 is 0 Å². The number of anilines is 1. The van der Waals surface area contributed by atoms with Crippen molar-refractivity contribution in [2.75, 3.05) is 18.0 Å². The van der Waals surface area contributed by atoms with E-state index in [1.165, 1.54) is 4.68 Å². The van der Waals surface area contributed by atoms with E-state index in [0.717, 1.165) is 37.3 Å². The Morgan fingerprint density at radius 3 is 2.67 bits per heavy atom. The van der Waals surface area contributed by atoms with Crippen LogP contribution in [0.5, 0.6) is 0 Å². The highest BCUT2D eigenvalue weighted by molar-refractivity contribution is 5.63. The average molecular weight is 324 g/mol. The third-order valence-corrected chi connectivity index (χ3v) is 4.50. The van der Waals surface area contributed by atoms with Gasteiger partial charge in [0.05, 0.1) is 6.54 Å². The summed E-state index contributed by atoms with van der Waals surface area (Å²) in [4.78, 5) is 19.2. The fourth-order valence-electron chi connectivity index (χ4n) is 3.13. The molecule has 3 aromatic rings. The van der Waals surface area contributed by atoms with Crippen LogP contribution in [0.15, 0.2) is 47.5 Å². The second-order valence-corrected chi connectivity index (χ2v) is 6.19. The molecule has 1 fully saturated rings. The zero-order valence-electron chi connectivity index (χ0n) is 13.4. The van der Waals surface area contributed by atoms with E-state index in [9.17, 15) is 4.79 Å². The highest BCUT2D eigenvalue weighted by atomic mass is 16.2. The minimum absolute atomic E-state index is 0.147. The van der Waals surface area contributed by atoms with Crippen molar-refractivity contribution < 1.29 is 0 Å². The number of hydrogen-bond acceptors (Lipinski definition) is 5. The van der Waals surface area contributed by atoms with Gasteiger partial charge in [-0.15, -0.1) is 5.10 Å². The number of nitrogens with two attached hydrogens (primary N) is 1. The zero-order chi connectivity index (χ0) is 16.5. The van der Waals surface area contributed by atoms with Crippen molar-refractivity contribution in [3.05, 3.63) is 58.8 Å². The lowest BCUT2D eigenvalue weighted by molar-refractivity contribution is 0.499. The van der Waals surface area contributed by atoms with Crippen LogP contribution in [-0.4, -0.2) is 38.3 Å². The summed E-state index contributed by atoms with van der Waals surface area (Å²) in [6.45, 7) is 2.13. The molecule has 1 saturated heterocycles. The summed E-state index contributed by atoms with van der Waals surface area (Å²) in [5, 5.41) is 4.53. The summed E-state index contributed by atoms with van der Waals surface area (Å²) in [5.74, 6) is 0.758. The molecule has 1 aliphatic rings. The first kappa shape index (κ1) is 14.9. The van der Waals surface area contributed by atoms with Crippen LogP contribution in [0, 0.1) is 0 Å². The highest BCUT2D eigenvalue weighted by Gasteiger charge is 2.21. The predicted octanol–water partition coefficient (Wildman–Crippen LogP) is 0.867. The van der Waals surface area contributed by atoms with Gasteiger partial charge in [-0.1, -0.05) is 30.3 Å². The van der Waals surface area contributed by atoms with Gasteiger partial charge in [-0.2, -0.15) is 0 Å². The standard InChI is InChI=1S/C17H20N6O/c18-14-6-9-21(10-7-14)15-16-20-23(12-13-4-2-1-3-5-13)17(24)22(16)11-8-19-15/h1-5,8,11,14H,6-7,9-10,12,18H2. The van der Waals surface area contributed by atoms with Crippen molar-refractivity contribution in [1.82, 2.24) is 19.2 Å². The van der Waals surface area contributed by atoms with Crippen molar-refractivity contribution in [2.24, 2.45) is 5.73 Å². The molecule has 1 aromatic carbocycles. The van der Waals surface area contributed by atoms with Crippen molar-refractivity contribution >= 4 is 11.5 Å². The van der Waals surface area contributed by atoms with Gasteiger partial charge in [0.1, 0.15) is 0 Å². The van der Waals surface area contributed by atoms with E-state index in [1.54, 1.807) is 16.8 Å². The van der Waals surface area contributed by atoms with Crippen molar-refractivity contribution in [3.63, 3.8) is 0 Å². The first-order valence-corrected chi connectivity index (χ1v) is 8.21. The summed E-state index contributed by atoms with van der Waals surface area (Å²) >= 11 is 0. The fourth-order valence-corrected chi connectivity index (χ4v) is 3.13. The Kier molecular flexibility index (Phi) is 3.78.